The van der Waals surface area contributed by atoms with Crippen LogP contribution in [-0.2, 0) is 6.18 Å². The number of aryl methyl sites for hydroxylation is 1. The maximum atomic E-state index is 13.6. The number of nitrogens with zero attached hydrogens (tertiary/aromatic N) is 3. The molecular weight excluding hydrogens is 477 g/mol. The zero-order valence-corrected chi connectivity index (χ0v) is 19.7. The molecule has 5 rings (SSSR count). The van der Waals surface area contributed by atoms with Crippen molar-refractivity contribution in [3.63, 3.8) is 0 Å². The summed E-state index contributed by atoms with van der Waals surface area (Å²) in [6.07, 6.45) is 2.31. The van der Waals surface area contributed by atoms with Crippen molar-refractivity contribution in [2.24, 2.45) is 0 Å². The van der Waals surface area contributed by atoms with Gasteiger partial charge in [-0.15, -0.1) is 0 Å². The fourth-order valence-corrected chi connectivity index (χ4v) is 4.02. The molecule has 1 amide bonds. The molecular formula is C29H21F3N4O. The number of alkyl halides is 3. The van der Waals surface area contributed by atoms with Crippen LogP contribution in [0.3, 0.4) is 0 Å². The first-order valence-corrected chi connectivity index (χ1v) is 11.4. The lowest BCUT2D eigenvalue weighted by molar-refractivity contribution is -0.137. The van der Waals surface area contributed by atoms with Crippen molar-refractivity contribution in [1.82, 2.24) is 14.6 Å². The highest BCUT2D eigenvalue weighted by molar-refractivity contribution is 6.07. The van der Waals surface area contributed by atoms with Crippen molar-refractivity contribution in [2.45, 2.75) is 13.1 Å². The summed E-state index contributed by atoms with van der Waals surface area (Å²) in [5.74, 6) is -0.519. The van der Waals surface area contributed by atoms with E-state index in [0.717, 1.165) is 17.7 Å². The Labute approximate surface area is 210 Å². The van der Waals surface area contributed by atoms with Gasteiger partial charge in [0, 0.05) is 17.4 Å². The van der Waals surface area contributed by atoms with E-state index >= 15 is 0 Å². The van der Waals surface area contributed by atoms with Crippen LogP contribution in [0, 0.1) is 6.92 Å². The quantitative estimate of drug-likeness (QED) is 0.280. The third-order valence-corrected chi connectivity index (χ3v) is 5.81. The molecule has 37 heavy (non-hydrogen) atoms. The van der Waals surface area contributed by atoms with E-state index in [1.807, 2.05) is 19.1 Å². The van der Waals surface area contributed by atoms with Crippen molar-refractivity contribution in [3.8, 4) is 11.1 Å². The zero-order valence-electron chi connectivity index (χ0n) is 19.7. The summed E-state index contributed by atoms with van der Waals surface area (Å²) in [4.78, 5) is 17.6. The smallest absolute Gasteiger partial charge is 0.322 e. The molecule has 0 bridgehead atoms. The van der Waals surface area contributed by atoms with Crippen LogP contribution in [0.5, 0.6) is 0 Å². The van der Waals surface area contributed by atoms with Gasteiger partial charge >= 0.3 is 6.18 Å². The van der Waals surface area contributed by atoms with E-state index < -0.39 is 17.6 Å². The van der Waals surface area contributed by atoms with Crippen molar-refractivity contribution in [3.05, 3.63) is 119 Å². The second-order valence-corrected chi connectivity index (χ2v) is 8.52. The predicted molar refractivity (Wildman–Crippen MR) is 138 cm³/mol. The van der Waals surface area contributed by atoms with Crippen LogP contribution in [0.15, 0.2) is 91.3 Å². The van der Waals surface area contributed by atoms with Gasteiger partial charge in [0.05, 0.1) is 17.5 Å². The molecule has 2 heterocycles. The van der Waals surface area contributed by atoms with Crippen molar-refractivity contribution >= 4 is 29.4 Å². The van der Waals surface area contributed by atoms with E-state index in [1.165, 1.54) is 6.07 Å². The molecule has 0 fully saturated rings. The van der Waals surface area contributed by atoms with Crippen molar-refractivity contribution in [1.29, 1.82) is 0 Å². The molecule has 1 N–H and O–H groups in total. The number of hydrogen-bond acceptors (Lipinski definition) is 3. The second kappa shape index (κ2) is 9.73. The van der Waals surface area contributed by atoms with Gasteiger partial charge in [-0.2, -0.15) is 18.3 Å². The monoisotopic (exact) mass is 498 g/mol. The van der Waals surface area contributed by atoms with Gasteiger partial charge in [0.2, 0.25) is 0 Å². The number of aromatic nitrogens is 3. The van der Waals surface area contributed by atoms with E-state index in [-0.39, 0.29) is 5.69 Å². The van der Waals surface area contributed by atoms with E-state index in [1.54, 1.807) is 77.6 Å². The zero-order chi connectivity index (χ0) is 26.0. The number of halogens is 3. The Kier molecular flexibility index (Phi) is 6.31. The first-order valence-electron chi connectivity index (χ1n) is 11.4. The summed E-state index contributed by atoms with van der Waals surface area (Å²) in [5, 5.41) is 6.94. The molecule has 0 atom stereocenters. The lowest BCUT2D eigenvalue weighted by Crippen LogP contribution is -2.15. The highest BCUT2D eigenvalue weighted by Crippen LogP contribution is 2.35. The molecule has 5 aromatic rings. The van der Waals surface area contributed by atoms with Gasteiger partial charge in [0.1, 0.15) is 0 Å². The van der Waals surface area contributed by atoms with E-state index in [2.05, 4.69) is 15.4 Å². The summed E-state index contributed by atoms with van der Waals surface area (Å²) >= 11 is 0. The maximum Gasteiger partial charge on any atom is 0.416 e. The molecule has 3 aromatic carbocycles. The maximum absolute atomic E-state index is 13.6. The summed E-state index contributed by atoms with van der Waals surface area (Å²) in [6.45, 7) is 1.90. The Morgan fingerprint density at radius 1 is 0.919 bits per heavy atom. The molecule has 0 unspecified atom stereocenters. The molecule has 0 radical (unpaired) electrons. The van der Waals surface area contributed by atoms with Crippen LogP contribution in [0.4, 0.5) is 18.9 Å². The third kappa shape index (κ3) is 5.28. The molecule has 0 aliphatic carbocycles. The minimum atomic E-state index is -4.57. The number of nitrogens with one attached hydrogen (secondary N) is 1. The molecule has 5 nitrogen and oxygen atoms in total. The summed E-state index contributed by atoms with van der Waals surface area (Å²) in [6, 6.07) is 21.2. The average molecular weight is 499 g/mol. The van der Waals surface area contributed by atoms with Gasteiger partial charge in [-0.1, -0.05) is 54.1 Å². The van der Waals surface area contributed by atoms with Crippen LogP contribution >= 0.6 is 0 Å². The lowest BCUT2D eigenvalue weighted by Gasteiger charge is -2.14. The number of fused-ring (bicyclic) bond motifs is 1. The van der Waals surface area contributed by atoms with Crippen LogP contribution in [0.2, 0.25) is 0 Å². The van der Waals surface area contributed by atoms with Crippen LogP contribution in [0.25, 0.3) is 28.9 Å². The van der Waals surface area contributed by atoms with E-state index in [9.17, 15) is 18.0 Å². The topological polar surface area (TPSA) is 59.3 Å². The van der Waals surface area contributed by atoms with Crippen molar-refractivity contribution < 1.29 is 18.0 Å². The number of carbonyl (C=O) groups is 1. The number of imidazole rings is 1. The van der Waals surface area contributed by atoms with Gasteiger partial charge in [-0.05, 0) is 66.1 Å². The fraction of sp³-hybridized carbons (Fsp3) is 0.0690. The summed E-state index contributed by atoms with van der Waals surface area (Å²) in [5.41, 5.74) is 3.45. The number of benzene rings is 3. The average Bonchev–Trinajstić information content (AvgIpc) is 3.30. The Bertz CT molecular complexity index is 1620. The van der Waals surface area contributed by atoms with Gasteiger partial charge < -0.3 is 5.32 Å². The minimum absolute atomic E-state index is 0.0557. The van der Waals surface area contributed by atoms with Crippen molar-refractivity contribution in [2.75, 3.05) is 5.32 Å². The second-order valence-electron chi connectivity index (χ2n) is 8.52. The number of hydrogen-bond donors (Lipinski definition) is 1. The molecule has 0 aliphatic rings. The Morgan fingerprint density at radius 2 is 1.73 bits per heavy atom. The highest BCUT2D eigenvalue weighted by Gasteiger charge is 2.31. The number of anilines is 1. The van der Waals surface area contributed by atoms with Gasteiger partial charge in [0.25, 0.3) is 5.91 Å². The first-order chi connectivity index (χ1) is 17.8. The van der Waals surface area contributed by atoms with Crippen LogP contribution in [0.1, 0.15) is 32.7 Å². The number of rotatable bonds is 5. The molecule has 0 spiro atoms. The van der Waals surface area contributed by atoms with Gasteiger partial charge in [-0.3, -0.25) is 4.79 Å². The Morgan fingerprint density at radius 3 is 2.51 bits per heavy atom. The summed E-state index contributed by atoms with van der Waals surface area (Å²) in [7, 11) is 0. The SMILES string of the molecule is Cc1ccc(C(=O)Nc2cc(-c3ccccc3)cc(C(F)(F)F)c2)c(C=Cc2cnc3cccnn23)c1. The highest BCUT2D eigenvalue weighted by atomic mass is 19.4. The Hall–Kier alpha value is -4.72. The minimum Gasteiger partial charge on any atom is -0.322 e. The summed E-state index contributed by atoms with van der Waals surface area (Å²) < 4.78 is 42.6. The largest absolute Gasteiger partial charge is 0.416 e. The predicted octanol–water partition coefficient (Wildman–Crippen LogP) is 7.15. The first kappa shape index (κ1) is 24.0. The number of amides is 1. The van der Waals surface area contributed by atoms with Crippen LogP contribution in [-0.4, -0.2) is 20.5 Å². The van der Waals surface area contributed by atoms with E-state index in [0.29, 0.717) is 33.6 Å². The third-order valence-electron chi connectivity index (χ3n) is 5.81. The standard InChI is InChI=1S/C29H21F3N4O/c1-19-9-12-26(21(14-19)10-11-25-18-33-27-8-5-13-34-36(25)27)28(37)35-24-16-22(20-6-3-2-4-7-20)15-23(17-24)29(30,31)32/h2-18H,1H3,(H,35,37). The van der Waals surface area contributed by atoms with Gasteiger partial charge in [-0.25, -0.2) is 9.50 Å². The molecule has 8 heteroatoms. The molecule has 2 aromatic heterocycles. The van der Waals surface area contributed by atoms with E-state index in [4.69, 9.17) is 0 Å². The number of carbonyl (C=O) groups excluding carboxylic acids is 1. The Balaban J connectivity index is 1.49. The fourth-order valence-electron chi connectivity index (χ4n) is 4.02. The molecule has 0 aliphatic heterocycles. The molecule has 0 saturated carbocycles. The van der Waals surface area contributed by atoms with Crippen LogP contribution < -0.4 is 5.32 Å². The normalized spacial score (nSPS) is 11.8. The lowest BCUT2D eigenvalue weighted by atomic mass is 10.0. The molecule has 184 valence electrons. The molecule has 0 saturated heterocycles. The van der Waals surface area contributed by atoms with Gasteiger partial charge in [0.15, 0.2) is 5.65 Å².